The van der Waals surface area contributed by atoms with Crippen LogP contribution in [0.25, 0.3) is 16.8 Å². The topological polar surface area (TPSA) is 64.4 Å². The predicted molar refractivity (Wildman–Crippen MR) is 110 cm³/mol. The average molecular weight is 439 g/mol. The van der Waals surface area contributed by atoms with E-state index in [1.165, 1.54) is 11.6 Å². The van der Waals surface area contributed by atoms with Crippen molar-refractivity contribution in [2.75, 3.05) is 21.3 Å². The van der Waals surface area contributed by atoms with E-state index in [1.807, 2.05) is 12.1 Å². The van der Waals surface area contributed by atoms with Crippen molar-refractivity contribution in [2.45, 2.75) is 6.92 Å². The van der Waals surface area contributed by atoms with Crippen LogP contribution in [-0.4, -0.2) is 40.8 Å². The van der Waals surface area contributed by atoms with Crippen LogP contribution in [0.4, 0.5) is 0 Å². The van der Waals surface area contributed by atoms with Crippen LogP contribution < -0.4 is 14.2 Å². The standard InChI is InChI=1S/C22H20N2O3Se/c1-14-5-7-15(8-6-14)18-13-28-22(24-18)17(9-10-23)16-11-19(25-2)21(27-4)20(12-16)26-3/h5-9,11-13H,1-4H3/b17-9+. The summed E-state index contributed by atoms with van der Waals surface area (Å²) in [4.78, 5) is 6.95. The van der Waals surface area contributed by atoms with Crippen LogP contribution in [0.3, 0.4) is 0 Å². The van der Waals surface area contributed by atoms with Gasteiger partial charge < -0.3 is 0 Å². The summed E-state index contributed by atoms with van der Waals surface area (Å²) in [5, 5.41) is 9.35. The summed E-state index contributed by atoms with van der Waals surface area (Å²) in [5.41, 5.74) is 4.78. The van der Waals surface area contributed by atoms with Crippen LogP contribution in [0.15, 0.2) is 47.4 Å². The Labute approximate surface area is 170 Å². The Bertz CT molecular complexity index is 1020. The maximum absolute atomic E-state index is 9.35. The van der Waals surface area contributed by atoms with E-state index >= 15 is 0 Å². The summed E-state index contributed by atoms with van der Waals surface area (Å²) in [6.07, 6.45) is 1.52. The van der Waals surface area contributed by atoms with Gasteiger partial charge in [0.2, 0.25) is 0 Å². The summed E-state index contributed by atoms with van der Waals surface area (Å²) in [6.45, 7) is 2.06. The van der Waals surface area contributed by atoms with Gasteiger partial charge in [-0.25, -0.2) is 0 Å². The van der Waals surface area contributed by atoms with Crippen LogP contribution in [0.5, 0.6) is 17.2 Å². The number of methoxy groups -OCH3 is 3. The fraction of sp³-hybridized carbons (Fsp3) is 0.182. The van der Waals surface area contributed by atoms with Gasteiger partial charge >= 0.3 is 170 Å². The number of nitriles is 1. The number of hydrogen-bond acceptors (Lipinski definition) is 5. The van der Waals surface area contributed by atoms with Crippen LogP contribution in [-0.2, 0) is 0 Å². The number of allylic oxidation sites excluding steroid dienone is 1. The van der Waals surface area contributed by atoms with Gasteiger partial charge in [0.15, 0.2) is 0 Å². The number of aromatic nitrogens is 1. The van der Waals surface area contributed by atoms with Crippen LogP contribution in [0.1, 0.15) is 15.7 Å². The summed E-state index contributed by atoms with van der Waals surface area (Å²) in [6, 6.07) is 14.1. The maximum atomic E-state index is 9.35. The monoisotopic (exact) mass is 440 g/mol. The first kappa shape index (κ1) is 19.8. The molecule has 2 aromatic carbocycles. The molecule has 0 spiro atoms. The van der Waals surface area contributed by atoms with E-state index in [-0.39, 0.29) is 14.5 Å². The van der Waals surface area contributed by atoms with E-state index in [0.717, 1.165) is 27.0 Å². The van der Waals surface area contributed by atoms with E-state index in [1.54, 1.807) is 21.3 Å². The molecule has 0 N–H and O–H groups in total. The van der Waals surface area contributed by atoms with Gasteiger partial charge in [-0.15, -0.1) is 0 Å². The zero-order chi connectivity index (χ0) is 20.1. The first-order valence-corrected chi connectivity index (χ1v) is 10.4. The third-order valence-corrected chi connectivity index (χ3v) is 6.10. The van der Waals surface area contributed by atoms with Gasteiger partial charge in [-0.1, -0.05) is 0 Å². The molecule has 28 heavy (non-hydrogen) atoms. The fourth-order valence-electron chi connectivity index (χ4n) is 2.82. The molecule has 0 aliphatic carbocycles. The summed E-state index contributed by atoms with van der Waals surface area (Å²) >= 11 is 0.0172. The summed E-state index contributed by atoms with van der Waals surface area (Å²) < 4.78 is 17.2. The summed E-state index contributed by atoms with van der Waals surface area (Å²) in [5.74, 6) is 1.60. The van der Waals surface area contributed by atoms with Crippen molar-refractivity contribution in [1.82, 2.24) is 4.98 Å². The number of rotatable bonds is 6. The molecule has 142 valence electrons. The van der Waals surface area contributed by atoms with Gasteiger partial charge in [-0.3, -0.25) is 0 Å². The normalized spacial score (nSPS) is 11.0. The Morgan fingerprint density at radius 2 is 1.68 bits per heavy atom. The molecule has 0 aliphatic heterocycles. The molecule has 3 aromatic rings. The molecular formula is C22H20N2O3Se. The second-order valence-electron chi connectivity index (χ2n) is 6.01. The molecule has 1 aromatic heterocycles. The van der Waals surface area contributed by atoms with Crippen molar-refractivity contribution >= 4 is 20.1 Å². The Morgan fingerprint density at radius 3 is 2.21 bits per heavy atom. The van der Waals surface area contributed by atoms with E-state index in [2.05, 4.69) is 42.2 Å². The summed E-state index contributed by atoms with van der Waals surface area (Å²) in [7, 11) is 4.71. The minimum absolute atomic E-state index is 0.0172. The molecule has 3 rings (SSSR count). The first-order valence-electron chi connectivity index (χ1n) is 8.54. The van der Waals surface area contributed by atoms with Crippen LogP contribution >= 0.6 is 0 Å². The third-order valence-electron chi connectivity index (χ3n) is 4.27. The van der Waals surface area contributed by atoms with Crippen LogP contribution in [0.2, 0.25) is 0 Å². The molecule has 0 amide bonds. The van der Waals surface area contributed by atoms with Crippen molar-refractivity contribution in [3.05, 3.63) is 63.1 Å². The molecule has 0 saturated carbocycles. The molecule has 5 nitrogen and oxygen atoms in total. The zero-order valence-electron chi connectivity index (χ0n) is 16.1. The number of ether oxygens (including phenoxy) is 3. The van der Waals surface area contributed by atoms with E-state index in [9.17, 15) is 5.26 Å². The molecule has 0 radical (unpaired) electrons. The number of hydrogen-bond donors (Lipinski definition) is 0. The first-order chi connectivity index (χ1) is 13.6. The number of nitrogens with zero attached hydrogens (tertiary/aromatic N) is 2. The number of aryl methyl sites for hydroxylation is 1. The Hall–Kier alpha value is -3.00. The average Bonchev–Trinajstić information content (AvgIpc) is 3.21. The van der Waals surface area contributed by atoms with Gasteiger partial charge in [-0.05, 0) is 0 Å². The Balaban J connectivity index is 2.08. The second-order valence-corrected chi connectivity index (χ2v) is 7.81. The van der Waals surface area contributed by atoms with Gasteiger partial charge in [0, 0.05) is 0 Å². The molecule has 0 saturated heterocycles. The van der Waals surface area contributed by atoms with Crippen molar-refractivity contribution < 1.29 is 14.2 Å². The SMILES string of the molecule is COc1cc(/C(=C\C#N)c2nc(-c3ccc(C)cc3)c[se]2)cc(OC)c1OC. The molecule has 0 atom stereocenters. The molecule has 0 unspecified atom stereocenters. The third kappa shape index (κ3) is 3.96. The molecule has 0 bridgehead atoms. The van der Waals surface area contributed by atoms with Gasteiger partial charge in [0.05, 0.1) is 0 Å². The second kappa shape index (κ2) is 8.79. The van der Waals surface area contributed by atoms with Crippen molar-refractivity contribution in [1.29, 1.82) is 5.26 Å². The molecular weight excluding hydrogens is 419 g/mol. The molecule has 1 heterocycles. The van der Waals surface area contributed by atoms with E-state index in [4.69, 9.17) is 19.2 Å². The fourth-order valence-corrected chi connectivity index (χ4v) is 4.64. The van der Waals surface area contributed by atoms with Gasteiger partial charge in [0.1, 0.15) is 0 Å². The van der Waals surface area contributed by atoms with Crippen molar-refractivity contribution in [3.63, 3.8) is 0 Å². The quantitative estimate of drug-likeness (QED) is 0.428. The van der Waals surface area contributed by atoms with Gasteiger partial charge in [-0.2, -0.15) is 0 Å². The molecule has 0 aliphatic rings. The van der Waals surface area contributed by atoms with Crippen molar-refractivity contribution in [3.8, 4) is 34.6 Å². The predicted octanol–water partition coefficient (Wildman–Crippen LogP) is 4.10. The van der Waals surface area contributed by atoms with Crippen molar-refractivity contribution in [2.24, 2.45) is 0 Å². The minimum atomic E-state index is 0.0172. The Kier molecular flexibility index (Phi) is 6.20. The van der Waals surface area contributed by atoms with E-state index < -0.39 is 0 Å². The van der Waals surface area contributed by atoms with Gasteiger partial charge in [0.25, 0.3) is 0 Å². The number of benzene rings is 2. The molecule has 6 heteroatoms. The molecule has 0 fully saturated rings. The van der Waals surface area contributed by atoms with E-state index in [0.29, 0.717) is 17.2 Å². The zero-order valence-corrected chi connectivity index (χ0v) is 17.9. The van der Waals surface area contributed by atoms with Crippen LogP contribution in [0, 0.1) is 18.3 Å². The Morgan fingerprint density at radius 1 is 1.04 bits per heavy atom.